The predicted molar refractivity (Wildman–Crippen MR) is 117 cm³/mol. The van der Waals surface area contributed by atoms with E-state index in [1.165, 1.54) is 24.9 Å². The Morgan fingerprint density at radius 3 is 2.48 bits per heavy atom. The first-order valence-electron chi connectivity index (χ1n) is 9.28. The van der Waals surface area contributed by atoms with Crippen LogP contribution in [0.5, 0.6) is 0 Å². The number of nitrogens with one attached hydrogen (secondary N) is 1. The average molecular weight is 423 g/mol. The summed E-state index contributed by atoms with van der Waals surface area (Å²) in [7, 11) is 0. The molecule has 0 atom stereocenters. The molecule has 0 saturated carbocycles. The quantitative estimate of drug-likeness (QED) is 0.585. The Balaban J connectivity index is 1.40. The standard InChI is InChI=1S/C21H24Cl2N2OS/c22-18-7-4-17(20(23)14-18)15-27-13-10-24-21(26)16-5-8-19(9-6-16)25-11-2-1-3-12-25/h4-9,14H,1-3,10-13,15H2,(H,24,26). The van der Waals surface area contributed by atoms with Crippen LogP contribution < -0.4 is 10.2 Å². The molecule has 1 aliphatic rings. The molecule has 1 fully saturated rings. The fourth-order valence-corrected chi connectivity index (χ4v) is 4.55. The number of hydrogen-bond donors (Lipinski definition) is 1. The number of anilines is 1. The Morgan fingerprint density at radius 2 is 1.78 bits per heavy atom. The molecule has 0 unspecified atom stereocenters. The van der Waals surface area contributed by atoms with Crippen molar-refractivity contribution >= 4 is 46.6 Å². The smallest absolute Gasteiger partial charge is 0.251 e. The molecule has 1 saturated heterocycles. The molecule has 1 aliphatic heterocycles. The third-order valence-electron chi connectivity index (χ3n) is 4.66. The van der Waals surface area contributed by atoms with E-state index >= 15 is 0 Å². The van der Waals surface area contributed by atoms with Crippen molar-refractivity contribution in [2.45, 2.75) is 25.0 Å². The molecule has 0 spiro atoms. The van der Waals surface area contributed by atoms with Crippen LogP contribution in [0.2, 0.25) is 10.0 Å². The molecule has 1 amide bonds. The van der Waals surface area contributed by atoms with Crippen LogP contribution >= 0.6 is 35.0 Å². The molecule has 0 aromatic heterocycles. The number of hydrogen-bond acceptors (Lipinski definition) is 3. The SMILES string of the molecule is O=C(NCCSCc1ccc(Cl)cc1Cl)c1ccc(N2CCCCC2)cc1. The molecular weight excluding hydrogens is 399 g/mol. The van der Waals surface area contributed by atoms with Gasteiger partial charge in [-0.05, 0) is 61.2 Å². The van der Waals surface area contributed by atoms with E-state index in [1.54, 1.807) is 17.8 Å². The summed E-state index contributed by atoms with van der Waals surface area (Å²) >= 11 is 13.8. The molecule has 3 nitrogen and oxygen atoms in total. The minimum absolute atomic E-state index is 0.0229. The van der Waals surface area contributed by atoms with Gasteiger partial charge in [-0.2, -0.15) is 11.8 Å². The third-order valence-corrected chi connectivity index (χ3v) is 6.25. The van der Waals surface area contributed by atoms with Crippen molar-refractivity contribution < 1.29 is 4.79 Å². The van der Waals surface area contributed by atoms with Gasteiger partial charge in [-0.3, -0.25) is 4.79 Å². The van der Waals surface area contributed by atoms with Gasteiger partial charge in [-0.25, -0.2) is 0 Å². The molecule has 6 heteroatoms. The van der Waals surface area contributed by atoms with E-state index in [4.69, 9.17) is 23.2 Å². The monoisotopic (exact) mass is 422 g/mol. The van der Waals surface area contributed by atoms with Crippen molar-refractivity contribution in [2.75, 3.05) is 30.3 Å². The lowest BCUT2D eigenvalue weighted by Gasteiger charge is -2.28. The Labute approximate surface area is 175 Å². The van der Waals surface area contributed by atoms with Crippen molar-refractivity contribution in [3.63, 3.8) is 0 Å². The van der Waals surface area contributed by atoms with Crippen molar-refractivity contribution in [1.29, 1.82) is 0 Å². The van der Waals surface area contributed by atoms with Gasteiger partial charge < -0.3 is 10.2 Å². The Bertz CT molecular complexity index is 761. The predicted octanol–water partition coefficient (Wildman–Crippen LogP) is 5.65. The van der Waals surface area contributed by atoms with Crippen molar-refractivity contribution in [3.05, 3.63) is 63.6 Å². The van der Waals surface area contributed by atoms with Crippen molar-refractivity contribution in [3.8, 4) is 0 Å². The molecule has 0 bridgehead atoms. The van der Waals surface area contributed by atoms with E-state index in [-0.39, 0.29) is 5.91 Å². The second kappa shape index (κ2) is 10.3. The maximum absolute atomic E-state index is 12.3. The molecular formula is C21H24Cl2N2OS. The van der Waals surface area contributed by atoms with Gasteiger partial charge in [-0.15, -0.1) is 0 Å². The van der Waals surface area contributed by atoms with Crippen LogP contribution in [0, 0.1) is 0 Å². The van der Waals surface area contributed by atoms with E-state index in [9.17, 15) is 4.79 Å². The lowest BCUT2D eigenvalue weighted by atomic mass is 10.1. The maximum Gasteiger partial charge on any atom is 0.251 e. The number of thioether (sulfide) groups is 1. The van der Waals surface area contributed by atoms with Crippen LogP contribution in [-0.4, -0.2) is 31.3 Å². The van der Waals surface area contributed by atoms with Crippen LogP contribution in [0.4, 0.5) is 5.69 Å². The van der Waals surface area contributed by atoms with Gasteiger partial charge >= 0.3 is 0 Å². The van der Waals surface area contributed by atoms with Gasteiger partial charge in [0.2, 0.25) is 0 Å². The molecule has 1 heterocycles. The first kappa shape index (κ1) is 20.4. The Hall–Kier alpha value is -1.36. The van der Waals surface area contributed by atoms with Crippen molar-refractivity contribution in [1.82, 2.24) is 5.32 Å². The normalized spacial score (nSPS) is 14.2. The molecule has 0 aliphatic carbocycles. The number of piperidine rings is 1. The van der Waals surface area contributed by atoms with Crippen molar-refractivity contribution in [2.24, 2.45) is 0 Å². The molecule has 1 N–H and O–H groups in total. The van der Waals surface area contributed by atoms with E-state index in [2.05, 4.69) is 22.3 Å². The highest BCUT2D eigenvalue weighted by Crippen LogP contribution is 2.24. The minimum Gasteiger partial charge on any atom is -0.372 e. The summed E-state index contributed by atoms with van der Waals surface area (Å²) in [6.07, 6.45) is 3.82. The van der Waals surface area contributed by atoms with E-state index in [0.29, 0.717) is 22.2 Å². The number of rotatable bonds is 7. The van der Waals surface area contributed by atoms with Crippen LogP contribution in [0.15, 0.2) is 42.5 Å². The third kappa shape index (κ3) is 6.06. The summed E-state index contributed by atoms with van der Waals surface area (Å²) < 4.78 is 0. The van der Waals surface area contributed by atoms with E-state index < -0.39 is 0 Å². The second-order valence-electron chi connectivity index (χ2n) is 6.64. The lowest BCUT2D eigenvalue weighted by Crippen LogP contribution is -2.29. The van der Waals surface area contributed by atoms with Gasteiger partial charge in [0.05, 0.1) is 0 Å². The van der Waals surface area contributed by atoms with E-state index in [1.807, 2.05) is 24.3 Å². The molecule has 2 aromatic rings. The highest BCUT2D eigenvalue weighted by molar-refractivity contribution is 7.98. The maximum atomic E-state index is 12.3. The number of benzene rings is 2. The molecule has 144 valence electrons. The van der Waals surface area contributed by atoms with Gasteiger partial charge in [0, 0.05) is 52.4 Å². The van der Waals surface area contributed by atoms with Crippen LogP contribution in [0.1, 0.15) is 35.2 Å². The summed E-state index contributed by atoms with van der Waals surface area (Å²) in [4.78, 5) is 14.7. The fourth-order valence-electron chi connectivity index (χ4n) is 3.14. The summed E-state index contributed by atoms with van der Waals surface area (Å²) in [6, 6.07) is 13.5. The molecule has 27 heavy (non-hydrogen) atoms. The fraction of sp³-hybridized carbons (Fsp3) is 0.381. The minimum atomic E-state index is -0.0229. The molecule has 2 aromatic carbocycles. The lowest BCUT2D eigenvalue weighted by molar-refractivity contribution is 0.0956. The highest BCUT2D eigenvalue weighted by Gasteiger charge is 2.12. The zero-order chi connectivity index (χ0) is 19.1. The van der Waals surface area contributed by atoms with Gasteiger partial charge in [-0.1, -0.05) is 29.3 Å². The number of carbonyl (C=O) groups excluding carboxylic acids is 1. The summed E-state index contributed by atoms with van der Waals surface area (Å²) in [5.74, 6) is 1.61. The van der Waals surface area contributed by atoms with Crippen LogP contribution in [0.3, 0.4) is 0 Å². The zero-order valence-corrected chi connectivity index (χ0v) is 17.5. The van der Waals surface area contributed by atoms with Gasteiger partial charge in [0.25, 0.3) is 5.91 Å². The number of carbonyl (C=O) groups is 1. The summed E-state index contributed by atoms with van der Waals surface area (Å²) in [5, 5.41) is 4.31. The Morgan fingerprint density at radius 1 is 1.04 bits per heavy atom. The topological polar surface area (TPSA) is 32.3 Å². The first-order valence-corrected chi connectivity index (χ1v) is 11.2. The van der Waals surface area contributed by atoms with Crippen LogP contribution in [0.25, 0.3) is 0 Å². The molecule has 0 radical (unpaired) electrons. The zero-order valence-electron chi connectivity index (χ0n) is 15.2. The molecule has 3 rings (SSSR count). The average Bonchev–Trinajstić information content (AvgIpc) is 2.70. The van der Waals surface area contributed by atoms with E-state index in [0.717, 1.165) is 30.2 Å². The van der Waals surface area contributed by atoms with Crippen LogP contribution in [-0.2, 0) is 5.75 Å². The number of nitrogens with zero attached hydrogens (tertiary/aromatic N) is 1. The summed E-state index contributed by atoms with van der Waals surface area (Å²) in [6.45, 7) is 2.85. The largest absolute Gasteiger partial charge is 0.372 e. The summed E-state index contributed by atoms with van der Waals surface area (Å²) in [5.41, 5.74) is 2.98. The Kier molecular flexibility index (Phi) is 7.74. The first-order chi connectivity index (χ1) is 13.1. The van der Waals surface area contributed by atoms with Gasteiger partial charge in [0.1, 0.15) is 0 Å². The number of amides is 1. The van der Waals surface area contributed by atoms with Gasteiger partial charge in [0.15, 0.2) is 0 Å². The number of halogens is 2. The highest BCUT2D eigenvalue weighted by atomic mass is 35.5. The second-order valence-corrected chi connectivity index (χ2v) is 8.59.